The lowest BCUT2D eigenvalue weighted by Gasteiger charge is -2.13. The van der Waals surface area contributed by atoms with Crippen LogP contribution < -0.4 is 9.64 Å². The average molecular weight is 405 g/mol. The molecule has 0 atom stereocenters. The van der Waals surface area contributed by atoms with Gasteiger partial charge in [-0.3, -0.25) is 9.59 Å². The number of imide groups is 1. The Labute approximate surface area is 171 Å². The minimum atomic E-state index is -0.617. The van der Waals surface area contributed by atoms with Crippen molar-refractivity contribution in [2.45, 2.75) is 6.61 Å². The fraction of sp³-hybridized carbons (Fsp3) is 0.0870. The number of hydrogen-bond acceptors (Lipinski definition) is 5. The van der Waals surface area contributed by atoms with E-state index in [9.17, 15) is 18.8 Å². The van der Waals surface area contributed by atoms with Gasteiger partial charge >= 0.3 is 5.97 Å². The van der Waals surface area contributed by atoms with Crippen LogP contribution in [0, 0.1) is 5.82 Å². The number of rotatable bonds is 5. The van der Waals surface area contributed by atoms with Gasteiger partial charge in [0.25, 0.3) is 11.8 Å². The smallest absolute Gasteiger partial charge is 0.338 e. The van der Waals surface area contributed by atoms with Crippen LogP contribution in [0.4, 0.5) is 10.1 Å². The second-order valence-corrected chi connectivity index (χ2v) is 6.61. The molecule has 0 aromatic heterocycles. The Bertz CT molecular complexity index is 1140. The predicted molar refractivity (Wildman–Crippen MR) is 106 cm³/mol. The van der Waals surface area contributed by atoms with Crippen LogP contribution in [0.5, 0.6) is 5.75 Å². The molecule has 0 aliphatic carbocycles. The number of esters is 1. The third-order valence-electron chi connectivity index (χ3n) is 4.74. The molecule has 6 nitrogen and oxygen atoms in total. The summed E-state index contributed by atoms with van der Waals surface area (Å²) in [5.74, 6) is -1.50. The van der Waals surface area contributed by atoms with Crippen molar-refractivity contribution >= 4 is 23.5 Å². The maximum Gasteiger partial charge on any atom is 0.338 e. The molecule has 0 bridgehead atoms. The molecule has 1 aliphatic rings. The highest BCUT2D eigenvalue weighted by Gasteiger charge is 2.37. The highest BCUT2D eigenvalue weighted by molar-refractivity contribution is 6.34. The molecule has 1 aliphatic heterocycles. The van der Waals surface area contributed by atoms with E-state index in [2.05, 4.69) is 0 Å². The predicted octanol–water partition coefficient (Wildman–Crippen LogP) is 3.99. The number of benzene rings is 3. The van der Waals surface area contributed by atoms with E-state index in [1.165, 1.54) is 42.5 Å². The number of nitrogens with zero attached hydrogens (tertiary/aromatic N) is 1. The number of carbonyl (C=O) groups excluding carboxylic acids is 3. The molecule has 2 amide bonds. The van der Waals surface area contributed by atoms with Gasteiger partial charge in [0.2, 0.25) is 0 Å². The first kappa shape index (κ1) is 19.3. The quantitative estimate of drug-likeness (QED) is 0.474. The second-order valence-electron chi connectivity index (χ2n) is 6.61. The van der Waals surface area contributed by atoms with Gasteiger partial charge < -0.3 is 9.47 Å². The Morgan fingerprint density at radius 1 is 0.900 bits per heavy atom. The van der Waals surface area contributed by atoms with Crippen molar-refractivity contribution in [1.29, 1.82) is 0 Å². The molecule has 0 spiro atoms. The lowest BCUT2D eigenvalue weighted by atomic mass is 10.1. The monoisotopic (exact) mass is 405 g/mol. The van der Waals surface area contributed by atoms with Crippen LogP contribution in [0.1, 0.15) is 36.6 Å². The molecule has 0 radical (unpaired) electrons. The van der Waals surface area contributed by atoms with Gasteiger partial charge in [0.1, 0.15) is 18.2 Å². The summed E-state index contributed by atoms with van der Waals surface area (Å²) in [6, 6.07) is 16.3. The van der Waals surface area contributed by atoms with Crippen molar-refractivity contribution in [3.63, 3.8) is 0 Å². The number of carbonyl (C=O) groups is 3. The van der Waals surface area contributed by atoms with E-state index in [0.717, 1.165) is 10.5 Å². The molecular formula is C23H16FNO5. The van der Waals surface area contributed by atoms with E-state index >= 15 is 0 Å². The number of ether oxygens (including phenoxy) is 2. The first-order chi connectivity index (χ1) is 14.5. The summed E-state index contributed by atoms with van der Waals surface area (Å²) >= 11 is 0. The molecule has 3 aromatic rings. The lowest BCUT2D eigenvalue weighted by Crippen LogP contribution is -2.29. The van der Waals surface area contributed by atoms with E-state index < -0.39 is 23.6 Å². The second kappa shape index (κ2) is 7.79. The molecule has 7 heteroatoms. The van der Waals surface area contributed by atoms with Crippen LogP contribution >= 0.6 is 0 Å². The normalized spacial score (nSPS) is 12.7. The van der Waals surface area contributed by atoms with Crippen LogP contribution in [0.3, 0.4) is 0 Å². The van der Waals surface area contributed by atoms with Crippen molar-refractivity contribution in [2.24, 2.45) is 0 Å². The zero-order chi connectivity index (χ0) is 21.3. The van der Waals surface area contributed by atoms with Crippen molar-refractivity contribution in [1.82, 2.24) is 0 Å². The Morgan fingerprint density at radius 3 is 2.23 bits per heavy atom. The Kier molecular flexibility index (Phi) is 5.02. The van der Waals surface area contributed by atoms with Crippen LogP contribution in [-0.2, 0) is 11.3 Å². The van der Waals surface area contributed by atoms with Gasteiger partial charge in [-0.2, -0.15) is 0 Å². The first-order valence-electron chi connectivity index (χ1n) is 9.06. The molecule has 0 saturated carbocycles. The van der Waals surface area contributed by atoms with Crippen LogP contribution in [0.15, 0.2) is 66.7 Å². The maximum absolute atomic E-state index is 13.2. The maximum atomic E-state index is 13.2. The molecule has 4 rings (SSSR count). The van der Waals surface area contributed by atoms with Crippen molar-refractivity contribution in [3.8, 4) is 5.75 Å². The third-order valence-corrected chi connectivity index (χ3v) is 4.74. The van der Waals surface area contributed by atoms with E-state index in [4.69, 9.17) is 9.47 Å². The zero-order valence-electron chi connectivity index (χ0n) is 15.9. The van der Waals surface area contributed by atoms with E-state index in [-0.39, 0.29) is 29.0 Å². The fourth-order valence-electron chi connectivity index (χ4n) is 3.15. The standard InChI is InChI=1S/C23H16FNO5/c1-29-18-9-2-14(3-10-18)13-30-23(28)15-4-11-19-20(12-15)22(27)25(21(19)26)17-7-5-16(24)6-8-17/h2-12H,13H2,1H3. The Hall–Kier alpha value is -4.00. The third kappa shape index (κ3) is 3.53. The highest BCUT2D eigenvalue weighted by Crippen LogP contribution is 2.29. The van der Waals surface area contributed by atoms with Gasteiger partial charge in [0.05, 0.1) is 29.5 Å². The van der Waals surface area contributed by atoms with Crippen LogP contribution in [-0.4, -0.2) is 24.9 Å². The van der Waals surface area contributed by atoms with Crippen LogP contribution in [0.25, 0.3) is 0 Å². The van der Waals surface area contributed by atoms with Crippen molar-refractivity contribution in [2.75, 3.05) is 12.0 Å². The molecule has 3 aromatic carbocycles. The largest absolute Gasteiger partial charge is 0.497 e. The van der Waals surface area contributed by atoms with Gasteiger partial charge in [-0.25, -0.2) is 14.1 Å². The van der Waals surface area contributed by atoms with Crippen LogP contribution in [0.2, 0.25) is 0 Å². The summed E-state index contributed by atoms with van der Waals surface area (Å²) in [6.07, 6.45) is 0. The summed E-state index contributed by atoms with van der Waals surface area (Å²) in [7, 11) is 1.56. The number of halogens is 1. The summed E-state index contributed by atoms with van der Waals surface area (Å²) < 4.78 is 23.5. The minimum Gasteiger partial charge on any atom is -0.497 e. The summed E-state index contributed by atoms with van der Waals surface area (Å²) in [5, 5.41) is 0. The lowest BCUT2D eigenvalue weighted by molar-refractivity contribution is 0.0472. The van der Waals surface area contributed by atoms with Gasteiger partial charge in [0, 0.05) is 0 Å². The van der Waals surface area contributed by atoms with Gasteiger partial charge in [0.15, 0.2) is 0 Å². The number of methoxy groups -OCH3 is 1. The number of hydrogen-bond donors (Lipinski definition) is 0. The number of amides is 2. The Morgan fingerprint density at radius 2 is 1.57 bits per heavy atom. The number of fused-ring (bicyclic) bond motifs is 1. The SMILES string of the molecule is COc1ccc(COC(=O)c2ccc3c(c2)C(=O)N(c2ccc(F)cc2)C3=O)cc1. The van der Waals surface area contributed by atoms with Crippen molar-refractivity contribution in [3.05, 3.63) is 94.8 Å². The number of anilines is 1. The summed E-state index contributed by atoms with van der Waals surface area (Å²) in [6.45, 7) is 0.0501. The summed E-state index contributed by atoms with van der Waals surface area (Å²) in [4.78, 5) is 38.8. The van der Waals surface area contributed by atoms with Gasteiger partial charge in [-0.1, -0.05) is 12.1 Å². The molecule has 0 saturated heterocycles. The van der Waals surface area contributed by atoms with Crippen molar-refractivity contribution < 1.29 is 28.2 Å². The molecule has 0 N–H and O–H groups in total. The van der Waals surface area contributed by atoms with Gasteiger partial charge in [-0.15, -0.1) is 0 Å². The molecular weight excluding hydrogens is 389 g/mol. The minimum absolute atomic E-state index is 0.0501. The zero-order valence-corrected chi connectivity index (χ0v) is 15.9. The highest BCUT2D eigenvalue weighted by atomic mass is 19.1. The van der Waals surface area contributed by atoms with E-state index in [1.54, 1.807) is 31.4 Å². The van der Waals surface area contributed by atoms with E-state index in [0.29, 0.717) is 5.75 Å². The Balaban J connectivity index is 1.51. The summed E-state index contributed by atoms with van der Waals surface area (Å²) in [5.41, 5.74) is 1.47. The topological polar surface area (TPSA) is 72.9 Å². The molecule has 0 unspecified atom stereocenters. The molecule has 30 heavy (non-hydrogen) atoms. The van der Waals surface area contributed by atoms with E-state index in [1.807, 2.05) is 0 Å². The molecule has 0 fully saturated rings. The fourth-order valence-corrected chi connectivity index (χ4v) is 3.15. The average Bonchev–Trinajstić information content (AvgIpc) is 3.02. The first-order valence-corrected chi connectivity index (χ1v) is 9.06. The molecule has 1 heterocycles. The van der Waals surface area contributed by atoms with Gasteiger partial charge in [-0.05, 0) is 60.2 Å². The molecule has 150 valence electrons.